The molecule has 27 heavy (non-hydrogen) atoms. The number of amides is 1. The fourth-order valence-electron chi connectivity index (χ4n) is 3.19. The van der Waals surface area contributed by atoms with Crippen molar-refractivity contribution in [3.05, 3.63) is 42.5 Å². The van der Waals surface area contributed by atoms with Gasteiger partial charge in [-0.1, -0.05) is 19.1 Å². The molecule has 0 fully saturated rings. The van der Waals surface area contributed by atoms with E-state index in [-0.39, 0.29) is 5.91 Å². The van der Waals surface area contributed by atoms with Gasteiger partial charge in [-0.05, 0) is 30.7 Å². The molecule has 0 radical (unpaired) electrons. The molecule has 1 aliphatic rings. The van der Waals surface area contributed by atoms with Gasteiger partial charge >= 0.3 is 0 Å². The van der Waals surface area contributed by atoms with Gasteiger partial charge in [0.2, 0.25) is 5.91 Å². The number of hydrogen-bond acceptors (Lipinski definition) is 5. The number of rotatable bonds is 5. The van der Waals surface area contributed by atoms with Crippen molar-refractivity contribution in [2.45, 2.75) is 23.5 Å². The number of para-hydroxylation sites is 1. The molecule has 1 amide bonds. The minimum Gasteiger partial charge on any atom is -0.493 e. The Morgan fingerprint density at radius 3 is 2.67 bits per heavy atom. The molecule has 0 spiro atoms. The van der Waals surface area contributed by atoms with Crippen LogP contribution in [0.4, 0.5) is 11.4 Å². The quantitative estimate of drug-likeness (QED) is 0.775. The fourth-order valence-corrected chi connectivity index (χ4v) is 4.30. The molecule has 0 N–H and O–H groups in total. The Kier molecular flexibility index (Phi) is 6.16. The van der Waals surface area contributed by atoms with Crippen LogP contribution in [0.15, 0.2) is 47.4 Å². The van der Waals surface area contributed by atoms with Gasteiger partial charge in [0.05, 0.1) is 26.5 Å². The summed E-state index contributed by atoms with van der Waals surface area (Å²) in [6.07, 6.45) is 0.977. The third kappa shape index (κ3) is 4.33. The summed E-state index contributed by atoms with van der Waals surface area (Å²) >= 11 is 1.84. The summed E-state index contributed by atoms with van der Waals surface area (Å²) in [6, 6.07) is 13.8. The first-order valence-electron chi connectivity index (χ1n) is 9.02. The van der Waals surface area contributed by atoms with Crippen molar-refractivity contribution in [1.82, 2.24) is 0 Å². The first kappa shape index (κ1) is 19.4. The lowest BCUT2D eigenvalue weighted by molar-refractivity contribution is -0.117. The Bertz CT molecular complexity index is 812. The maximum absolute atomic E-state index is 13.1. The summed E-state index contributed by atoms with van der Waals surface area (Å²) in [6.45, 7) is 3.25. The number of fused-ring (bicyclic) bond motifs is 1. The smallest absolute Gasteiger partial charge is 0.246 e. The molecule has 0 saturated carbocycles. The van der Waals surface area contributed by atoms with Gasteiger partial charge < -0.3 is 19.3 Å². The highest BCUT2D eigenvalue weighted by Crippen LogP contribution is 2.37. The van der Waals surface area contributed by atoms with Crippen molar-refractivity contribution in [2.75, 3.05) is 44.2 Å². The Morgan fingerprint density at radius 2 is 1.93 bits per heavy atom. The molecular weight excluding hydrogens is 360 g/mol. The van der Waals surface area contributed by atoms with Crippen LogP contribution in [0.1, 0.15) is 13.3 Å². The number of likely N-dealkylation sites (N-methyl/N-ethyl adjacent to an activating group) is 1. The number of benzene rings is 2. The van der Waals surface area contributed by atoms with E-state index in [4.69, 9.17) is 9.47 Å². The zero-order valence-electron chi connectivity index (χ0n) is 16.3. The maximum atomic E-state index is 13.1. The van der Waals surface area contributed by atoms with Crippen molar-refractivity contribution in [1.29, 1.82) is 0 Å². The van der Waals surface area contributed by atoms with Gasteiger partial charge in [-0.3, -0.25) is 4.79 Å². The normalized spacial score (nSPS) is 16.3. The van der Waals surface area contributed by atoms with Gasteiger partial charge in [0.25, 0.3) is 0 Å². The van der Waals surface area contributed by atoms with E-state index in [0.29, 0.717) is 23.3 Å². The van der Waals surface area contributed by atoms with E-state index >= 15 is 0 Å². The molecule has 2 aromatic carbocycles. The monoisotopic (exact) mass is 386 g/mol. The first-order valence-corrected chi connectivity index (χ1v) is 9.90. The van der Waals surface area contributed by atoms with Gasteiger partial charge in [-0.15, -0.1) is 11.8 Å². The van der Waals surface area contributed by atoms with E-state index in [1.165, 1.54) is 4.90 Å². The van der Waals surface area contributed by atoms with Gasteiger partial charge in [0.1, 0.15) is 0 Å². The van der Waals surface area contributed by atoms with E-state index < -0.39 is 0 Å². The van der Waals surface area contributed by atoms with Crippen LogP contribution in [0, 0.1) is 0 Å². The lowest BCUT2D eigenvalue weighted by Crippen LogP contribution is -2.40. The van der Waals surface area contributed by atoms with Gasteiger partial charge in [-0.2, -0.15) is 0 Å². The maximum Gasteiger partial charge on any atom is 0.246 e. The molecule has 1 unspecified atom stereocenters. The Hall–Kier alpha value is -2.34. The number of ether oxygens (including phenoxy) is 2. The van der Waals surface area contributed by atoms with E-state index in [1.807, 2.05) is 65.0 Å². The number of hydrogen-bond donors (Lipinski definition) is 0. The van der Waals surface area contributed by atoms with E-state index in [1.54, 1.807) is 14.2 Å². The van der Waals surface area contributed by atoms with E-state index in [9.17, 15) is 4.79 Å². The Balaban J connectivity index is 1.79. The van der Waals surface area contributed by atoms with Crippen LogP contribution in [0.25, 0.3) is 0 Å². The van der Waals surface area contributed by atoms with Crippen LogP contribution in [0.2, 0.25) is 0 Å². The molecule has 144 valence electrons. The van der Waals surface area contributed by atoms with Crippen molar-refractivity contribution in [3.8, 4) is 11.5 Å². The number of anilines is 2. The molecule has 6 heteroatoms. The third-order valence-electron chi connectivity index (χ3n) is 4.72. The number of methoxy groups -OCH3 is 2. The molecule has 1 atom stereocenters. The molecule has 0 bridgehead atoms. The van der Waals surface area contributed by atoms with Gasteiger partial charge in [0, 0.05) is 35.5 Å². The molecule has 1 aliphatic heterocycles. The van der Waals surface area contributed by atoms with Gasteiger partial charge in [0.15, 0.2) is 11.5 Å². The molecule has 0 aliphatic carbocycles. The number of nitrogens with zero attached hydrogens (tertiary/aromatic N) is 2. The van der Waals surface area contributed by atoms with Crippen LogP contribution in [0.5, 0.6) is 11.5 Å². The van der Waals surface area contributed by atoms with Crippen molar-refractivity contribution in [2.24, 2.45) is 0 Å². The summed E-state index contributed by atoms with van der Waals surface area (Å²) in [5, 5.41) is 0.493. The fraction of sp³-hybridized carbons (Fsp3) is 0.381. The van der Waals surface area contributed by atoms with Crippen LogP contribution >= 0.6 is 11.8 Å². The molecule has 0 aromatic heterocycles. The Morgan fingerprint density at radius 1 is 1.19 bits per heavy atom. The average Bonchev–Trinajstić information content (AvgIpc) is 2.85. The molecule has 1 heterocycles. The van der Waals surface area contributed by atoms with Crippen LogP contribution in [0.3, 0.4) is 0 Å². The van der Waals surface area contributed by atoms with Crippen molar-refractivity contribution < 1.29 is 14.3 Å². The van der Waals surface area contributed by atoms with Gasteiger partial charge in [-0.25, -0.2) is 0 Å². The van der Waals surface area contributed by atoms with Crippen molar-refractivity contribution >= 4 is 29.0 Å². The van der Waals surface area contributed by atoms with Crippen LogP contribution in [-0.4, -0.2) is 45.5 Å². The number of thioether (sulfide) groups is 1. The van der Waals surface area contributed by atoms with Crippen LogP contribution < -0.4 is 19.3 Å². The number of carbonyl (C=O) groups excluding carboxylic acids is 1. The lowest BCUT2D eigenvalue weighted by atomic mass is 10.2. The summed E-state index contributed by atoms with van der Waals surface area (Å²) in [7, 11) is 5.14. The van der Waals surface area contributed by atoms with Crippen molar-refractivity contribution in [3.63, 3.8) is 0 Å². The lowest BCUT2D eigenvalue weighted by Gasteiger charge is -2.26. The standard InChI is InChI=1S/C21H26N2O3S/c1-15-11-12-23(17-7-5-6-8-20(17)27-15)21(24)14-22(2)16-9-10-18(25-3)19(13-16)26-4/h5-10,13,15H,11-12,14H2,1-4H3. The molecular formula is C21H26N2O3S. The summed E-state index contributed by atoms with van der Waals surface area (Å²) in [4.78, 5) is 18.1. The molecule has 5 nitrogen and oxygen atoms in total. The summed E-state index contributed by atoms with van der Waals surface area (Å²) in [5.41, 5.74) is 1.92. The topological polar surface area (TPSA) is 42.0 Å². The van der Waals surface area contributed by atoms with E-state index in [0.717, 1.165) is 24.3 Å². The highest BCUT2D eigenvalue weighted by Gasteiger charge is 2.25. The zero-order chi connectivity index (χ0) is 19.4. The molecule has 2 aromatic rings. The minimum absolute atomic E-state index is 0.0921. The largest absolute Gasteiger partial charge is 0.493 e. The molecule has 0 saturated heterocycles. The Labute approximate surface area is 165 Å². The van der Waals surface area contributed by atoms with E-state index in [2.05, 4.69) is 13.0 Å². The average molecular weight is 387 g/mol. The highest BCUT2D eigenvalue weighted by atomic mass is 32.2. The predicted molar refractivity (Wildman–Crippen MR) is 112 cm³/mol. The number of carbonyl (C=O) groups is 1. The summed E-state index contributed by atoms with van der Waals surface area (Å²) in [5.74, 6) is 1.42. The van der Waals surface area contributed by atoms with Crippen LogP contribution in [-0.2, 0) is 4.79 Å². The minimum atomic E-state index is 0.0921. The predicted octanol–water partition coefficient (Wildman–Crippen LogP) is 4.06. The second kappa shape index (κ2) is 8.57. The second-order valence-corrected chi connectivity index (χ2v) is 8.11. The zero-order valence-corrected chi connectivity index (χ0v) is 17.1. The second-order valence-electron chi connectivity index (χ2n) is 6.63. The first-order chi connectivity index (χ1) is 13.0. The molecule has 3 rings (SSSR count). The third-order valence-corrected chi connectivity index (χ3v) is 5.96. The highest BCUT2D eigenvalue weighted by molar-refractivity contribution is 8.00. The summed E-state index contributed by atoms with van der Waals surface area (Å²) < 4.78 is 10.7. The SMILES string of the molecule is COc1ccc(N(C)CC(=O)N2CCC(C)Sc3ccccc32)cc1OC.